The molecule has 0 bridgehead atoms. The molecule has 0 saturated carbocycles. The number of carbonyl (C=O) groups excluding carboxylic acids is 2. The van der Waals surface area contributed by atoms with Gasteiger partial charge < -0.3 is 19.3 Å². The molecular weight excluding hydrogens is 332 g/mol. The van der Waals surface area contributed by atoms with Crippen LogP contribution in [0.1, 0.15) is 10.4 Å². The van der Waals surface area contributed by atoms with E-state index in [2.05, 4.69) is 0 Å². The van der Waals surface area contributed by atoms with Crippen LogP contribution >= 0.6 is 0 Å². The topological polar surface area (TPSA) is 59.1 Å². The van der Waals surface area contributed by atoms with Crippen molar-refractivity contribution in [1.29, 1.82) is 0 Å². The van der Waals surface area contributed by atoms with E-state index in [1.165, 1.54) is 0 Å². The Balaban J connectivity index is 1.52. The Labute approximate surface area is 152 Å². The second-order valence-corrected chi connectivity index (χ2v) is 5.97. The van der Waals surface area contributed by atoms with Gasteiger partial charge in [0.1, 0.15) is 11.5 Å². The van der Waals surface area contributed by atoms with E-state index in [-0.39, 0.29) is 18.4 Å². The molecule has 0 spiro atoms. The highest BCUT2D eigenvalue weighted by atomic mass is 16.5. The van der Waals surface area contributed by atoms with Gasteiger partial charge in [-0.25, -0.2) is 0 Å². The molecule has 0 aliphatic carbocycles. The van der Waals surface area contributed by atoms with E-state index in [1.54, 1.807) is 29.0 Å². The van der Waals surface area contributed by atoms with E-state index in [9.17, 15) is 9.59 Å². The van der Waals surface area contributed by atoms with Gasteiger partial charge in [0.15, 0.2) is 6.61 Å². The van der Waals surface area contributed by atoms with E-state index >= 15 is 0 Å². The van der Waals surface area contributed by atoms with E-state index < -0.39 is 0 Å². The fraction of sp³-hybridized carbons (Fsp3) is 0.300. The van der Waals surface area contributed by atoms with Crippen LogP contribution in [-0.4, -0.2) is 61.5 Å². The van der Waals surface area contributed by atoms with Gasteiger partial charge in [-0.15, -0.1) is 0 Å². The number of hydrogen-bond acceptors (Lipinski definition) is 4. The standard InChI is InChI=1S/C20H22N2O4/c1-25-18-10-6-5-9-17(18)20(24)22-13-11-21(12-14-22)19(23)15-26-16-7-3-2-4-8-16/h2-10H,11-15H2,1H3. The number of amides is 2. The van der Waals surface area contributed by atoms with Crippen molar-refractivity contribution in [3.8, 4) is 11.5 Å². The molecule has 6 heteroatoms. The first kappa shape index (κ1) is 17.8. The summed E-state index contributed by atoms with van der Waals surface area (Å²) in [7, 11) is 1.55. The molecule has 0 atom stereocenters. The van der Waals surface area contributed by atoms with Gasteiger partial charge in [-0.2, -0.15) is 0 Å². The first-order chi connectivity index (χ1) is 12.7. The van der Waals surface area contributed by atoms with Crippen molar-refractivity contribution in [2.45, 2.75) is 0 Å². The van der Waals surface area contributed by atoms with Gasteiger partial charge in [0.05, 0.1) is 12.7 Å². The Bertz CT molecular complexity index is 755. The minimum atomic E-state index is -0.0740. The van der Waals surface area contributed by atoms with E-state index in [4.69, 9.17) is 9.47 Å². The zero-order valence-corrected chi connectivity index (χ0v) is 14.8. The summed E-state index contributed by atoms with van der Waals surface area (Å²) in [5, 5.41) is 0. The predicted octanol–water partition coefficient (Wildman–Crippen LogP) is 2.06. The lowest BCUT2D eigenvalue weighted by Gasteiger charge is -2.35. The van der Waals surface area contributed by atoms with Gasteiger partial charge in [0, 0.05) is 26.2 Å². The zero-order valence-electron chi connectivity index (χ0n) is 14.8. The summed E-state index contributed by atoms with van der Waals surface area (Å²) in [5.74, 6) is 1.09. The SMILES string of the molecule is COc1ccccc1C(=O)N1CCN(C(=O)COc2ccccc2)CC1. The highest BCUT2D eigenvalue weighted by Gasteiger charge is 2.26. The number of para-hydroxylation sites is 2. The number of methoxy groups -OCH3 is 1. The lowest BCUT2D eigenvalue weighted by molar-refractivity contribution is -0.134. The van der Waals surface area contributed by atoms with Crippen molar-refractivity contribution < 1.29 is 19.1 Å². The summed E-state index contributed by atoms with van der Waals surface area (Å²) in [6.45, 7) is 1.99. The third-order valence-corrected chi connectivity index (χ3v) is 4.36. The number of piperazine rings is 1. The number of rotatable bonds is 5. The molecule has 2 aromatic rings. The van der Waals surface area contributed by atoms with Crippen LogP contribution in [0.2, 0.25) is 0 Å². The van der Waals surface area contributed by atoms with Crippen molar-refractivity contribution in [1.82, 2.24) is 9.80 Å². The third-order valence-electron chi connectivity index (χ3n) is 4.36. The molecule has 0 N–H and O–H groups in total. The summed E-state index contributed by atoms with van der Waals surface area (Å²) in [6, 6.07) is 16.4. The van der Waals surface area contributed by atoms with E-state index in [0.29, 0.717) is 43.2 Å². The molecule has 0 aromatic heterocycles. The number of hydrogen-bond donors (Lipinski definition) is 0. The maximum absolute atomic E-state index is 12.7. The van der Waals surface area contributed by atoms with Crippen LogP contribution in [-0.2, 0) is 4.79 Å². The monoisotopic (exact) mass is 354 g/mol. The maximum Gasteiger partial charge on any atom is 0.260 e. The van der Waals surface area contributed by atoms with Crippen LogP contribution in [0, 0.1) is 0 Å². The van der Waals surface area contributed by atoms with Gasteiger partial charge in [-0.1, -0.05) is 30.3 Å². The van der Waals surface area contributed by atoms with Crippen LogP contribution < -0.4 is 9.47 Å². The van der Waals surface area contributed by atoms with Gasteiger partial charge in [-0.05, 0) is 24.3 Å². The Morgan fingerprint density at radius 1 is 0.885 bits per heavy atom. The molecule has 2 aromatic carbocycles. The van der Waals surface area contributed by atoms with Crippen molar-refractivity contribution in [2.24, 2.45) is 0 Å². The summed E-state index contributed by atoms with van der Waals surface area (Å²) < 4.78 is 10.8. The van der Waals surface area contributed by atoms with Crippen molar-refractivity contribution >= 4 is 11.8 Å². The van der Waals surface area contributed by atoms with Crippen molar-refractivity contribution in [3.05, 3.63) is 60.2 Å². The summed E-state index contributed by atoms with van der Waals surface area (Å²) >= 11 is 0. The number of carbonyl (C=O) groups is 2. The molecule has 1 saturated heterocycles. The van der Waals surface area contributed by atoms with Crippen molar-refractivity contribution in [2.75, 3.05) is 39.9 Å². The molecule has 1 aliphatic heterocycles. The summed E-state index contributed by atoms with van der Waals surface area (Å²) in [6.07, 6.45) is 0. The minimum Gasteiger partial charge on any atom is -0.496 e. The minimum absolute atomic E-state index is 0.00443. The fourth-order valence-corrected chi connectivity index (χ4v) is 2.90. The van der Waals surface area contributed by atoms with E-state index in [1.807, 2.05) is 42.5 Å². The number of ether oxygens (including phenoxy) is 2. The number of nitrogens with zero attached hydrogens (tertiary/aromatic N) is 2. The third kappa shape index (κ3) is 4.14. The normalized spacial score (nSPS) is 14.0. The molecule has 3 rings (SSSR count). The molecule has 2 amide bonds. The van der Waals surface area contributed by atoms with Gasteiger partial charge in [0.25, 0.3) is 11.8 Å². The molecule has 1 fully saturated rings. The largest absolute Gasteiger partial charge is 0.496 e. The lowest BCUT2D eigenvalue weighted by atomic mass is 10.1. The second-order valence-electron chi connectivity index (χ2n) is 5.97. The quantitative estimate of drug-likeness (QED) is 0.825. The van der Waals surface area contributed by atoms with Crippen LogP contribution in [0.25, 0.3) is 0 Å². The average molecular weight is 354 g/mol. The Hall–Kier alpha value is -3.02. The van der Waals surface area contributed by atoms with Gasteiger partial charge in [0.2, 0.25) is 0 Å². The summed E-state index contributed by atoms with van der Waals surface area (Å²) in [5.41, 5.74) is 0.544. The van der Waals surface area contributed by atoms with Crippen molar-refractivity contribution in [3.63, 3.8) is 0 Å². The van der Waals surface area contributed by atoms with Gasteiger partial charge >= 0.3 is 0 Å². The first-order valence-corrected chi connectivity index (χ1v) is 8.57. The zero-order chi connectivity index (χ0) is 18.4. The Morgan fingerprint density at radius 3 is 2.19 bits per heavy atom. The first-order valence-electron chi connectivity index (χ1n) is 8.57. The van der Waals surface area contributed by atoms with E-state index in [0.717, 1.165) is 0 Å². The lowest BCUT2D eigenvalue weighted by Crippen LogP contribution is -2.51. The van der Waals surface area contributed by atoms with Crippen LogP contribution in [0.4, 0.5) is 0 Å². The molecule has 136 valence electrons. The maximum atomic E-state index is 12.7. The predicted molar refractivity (Wildman–Crippen MR) is 97.4 cm³/mol. The second kappa shape index (κ2) is 8.38. The molecular formula is C20H22N2O4. The molecule has 0 unspecified atom stereocenters. The summed E-state index contributed by atoms with van der Waals surface area (Å²) in [4.78, 5) is 28.5. The van der Waals surface area contributed by atoms with Gasteiger partial charge in [-0.3, -0.25) is 9.59 Å². The molecule has 1 heterocycles. The number of benzene rings is 2. The Kier molecular flexibility index (Phi) is 5.73. The highest BCUT2D eigenvalue weighted by molar-refractivity contribution is 5.97. The highest BCUT2D eigenvalue weighted by Crippen LogP contribution is 2.20. The molecule has 0 radical (unpaired) electrons. The molecule has 6 nitrogen and oxygen atoms in total. The Morgan fingerprint density at radius 2 is 1.50 bits per heavy atom. The molecule has 26 heavy (non-hydrogen) atoms. The van der Waals surface area contributed by atoms with Crippen LogP contribution in [0.5, 0.6) is 11.5 Å². The van der Waals surface area contributed by atoms with Crippen LogP contribution in [0.3, 0.4) is 0 Å². The van der Waals surface area contributed by atoms with Crippen LogP contribution in [0.15, 0.2) is 54.6 Å². The smallest absolute Gasteiger partial charge is 0.260 e. The molecule has 1 aliphatic rings. The fourth-order valence-electron chi connectivity index (χ4n) is 2.90. The average Bonchev–Trinajstić information content (AvgIpc) is 2.72.